The molecule has 2 heterocycles. The Morgan fingerprint density at radius 1 is 1.18 bits per heavy atom. The summed E-state index contributed by atoms with van der Waals surface area (Å²) in [6.07, 6.45) is 5.79. The highest BCUT2D eigenvalue weighted by Gasteiger charge is 2.33. The van der Waals surface area contributed by atoms with E-state index < -0.39 is 0 Å². The van der Waals surface area contributed by atoms with E-state index in [1.165, 1.54) is 11.8 Å². The van der Waals surface area contributed by atoms with Crippen LogP contribution in [0.25, 0.3) is 0 Å². The summed E-state index contributed by atoms with van der Waals surface area (Å²) in [6.45, 7) is 5.81. The van der Waals surface area contributed by atoms with Gasteiger partial charge in [-0.1, -0.05) is 0 Å². The first-order chi connectivity index (χ1) is 16.2. The van der Waals surface area contributed by atoms with Gasteiger partial charge in [-0.2, -0.15) is 0 Å². The molecule has 4 rings (SSSR count). The fourth-order valence-corrected chi connectivity index (χ4v) is 5.92. The molecule has 0 spiro atoms. The molecule has 1 aliphatic carbocycles. The molecule has 0 saturated heterocycles. The van der Waals surface area contributed by atoms with Gasteiger partial charge in [0.15, 0.2) is 11.5 Å². The van der Waals surface area contributed by atoms with Gasteiger partial charge in [0.2, 0.25) is 6.29 Å². The van der Waals surface area contributed by atoms with Gasteiger partial charge in [-0.05, 0) is 83.5 Å². The highest BCUT2D eigenvalue weighted by Crippen LogP contribution is 2.45. The number of aromatic amines is 1. The second-order valence-corrected chi connectivity index (χ2v) is 10.4. The number of hydrogen-bond donors (Lipinski definition) is 2. The van der Waals surface area contributed by atoms with E-state index >= 15 is 0 Å². The van der Waals surface area contributed by atoms with Gasteiger partial charge < -0.3 is 24.7 Å². The summed E-state index contributed by atoms with van der Waals surface area (Å²) in [5.74, 6) is 1.46. The van der Waals surface area contributed by atoms with Crippen molar-refractivity contribution >= 4 is 17.7 Å². The second kappa shape index (κ2) is 10.0. The standard InChI is InChI=1S/C26H35N3O4S/c1-14-11-22(34-6)20(25(30)28-14)13-27-26(31)23-15(2)24-21(32-16(3)33-24)12-19(23)17-7-9-18(10-8-17)29(4)5/h11-12,16-18H,7-10,13H2,1-6H3,(H,27,31)(H,28,30)/t16?,17-,18-. The van der Waals surface area contributed by atoms with Crippen LogP contribution < -0.4 is 20.3 Å². The summed E-state index contributed by atoms with van der Waals surface area (Å²) in [5, 5.41) is 3.02. The fourth-order valence-electron chi connectivity index (χ4n) is 5.22. The number of rotatable bonds is 6. The predicted octanol–water partition coefficient (Wildman–Crippen LogP) is 4.35. The van der Waals surface area contributed by atoms with Crippen LogP contribution in [0.3, 0.4) is 0 Å². The van der Waals surface area contributed by atoms with Crippen LogP contribution in [-0.2, 0) is 6.54 Å². The number of fused-ring (bicyclic) bond motifs is 1. The van der Waals surface area contributed by atoms with Crippen molar-refractivity contribution in [2.45, 2.75) is 76.1 Å². The number of H-pyrrole nitrogens is 1. The molecule has 2 N–H and O–H groups in total. The van der Waals surface area contributed by atoms with Gasteiger partial charge in [0.25, 0.3) is 11.5 Å². The minimum Gasteiger partial charge on any atom is -0.451 e. The summed E-state index contributed by atoms with van der Waals surface area (Å²) in [5.41, 5.74) is 3.69. The average Bonchev–Trinajstić information content (AvgIpc) is 3.18. The maximum absolute atomic E-state index is 13.6. The Balaban J connectivity index is 1.65. The second-order valence-electron chi connectivity index (χ2n) is 9.58. The lowest BCUT2D eigenvalue weighted by Gasteiger charge is -2.33. The molecule has 2 aromatic rings. The number of nitrogens with one attached hydrogen (secondary N) is 2. The van der Waals surface area contributed by atoms with Crippen LogP contribution in [-0.4, -0.2) is 48.5 Å². The number of benzene rings is 1. The van der Waals surface area contributed by atoms with Crippen molar-refractivity contribution < 1.29 is 14.3 Å². The third kappa shape index (κ3) is 4.84. The van der Waals surface area contributed by atoms with Crippen LogP contribution in [0.2, 0.25) is 0 Å². The molecule has 1 unspecified atom stereocenters. The topological polar surface area (TPSA) is 83.7 Å². The number of aryl methyl sites for hydroxylation is 1. The van der Waals surface area contributed by atoms with Crippen molar-refractivity contribution in [1.29, 1.82) is 0 Å². The number of ether oxygens (including phenoxy) is 2. The molecular formula is C26H35N3O4S. The lowest BCUT2D eigenvalue weighted by atomic mass is 9.78. The Morgan fingerprint density at radius 3 is 2.53 bits per heavy atom. The number of pyridine rings is 1. The van der Waals surface area contributed by atoms with E-state index in [0.717, 1.165) is 47.4 Å². The van der Waals surface area contributed by atoms with Crippen molar-refractivity contribution in [3.8, 4) is 11.5 Å². The van der Waals surface area contributed by atoms with Gasteiger partial charge in [-0.15, -0.1) is 11.8 Å². The quantitative estimate of drug-likeness (QED) is 0.592. The molecule has 0 radical (unpaired) electrons. The first-order valence-corrected chi connectivity index (χ1v) is 13.1. The van der Waals surface area contributed by atoms with Gasteiger partial charge in [-0.25, -0.2) is 0 Å². The van der Waals surface area contributed by atoms with Crippen LogP contribution in [0.1, 0.15) is 71.3 Å². The van der Waals surface area contributed by atoms with E-state index in [4.69, 9.17) is 9.47 Å². The van der Waals surface area contributed by atoms with Crippen LogP contribution in [0.15, 0.2) is 21.8 Å². The number of thioether (sulfide) groups is 1. The normalized spacial score (nSPS) is 21.7. The van der Waals surface area contributed by atoms with E-state index in [-0.39, 0.29) is 30.2 Å². The molecule has 184 valence electrons. The molecule has 0 bridgehead atoms. The van der Waals surface area contributed by atoms with E-state index in [1.807, 2.05) is 39.2 Å². The third-order valence-electron chi connectivity index (χ3n) is 7.06. The number of carbonyl (C=O) groups excluding carboxylic acids is 1. The fraction of sp³-hybridized carbons (Fsp3) is 0.538. The van der Waals surface area contributed by atoms with E-state index in [9.17, 15) is 9.59 Å². The molecule has 34 heavy (non-hydrogen) atoms. The van der Waals surface area contributed by atoms with Gasteiger partial charge in [0.05, 0.1) is 0 Å². The number of hydrogen-bond acceptors (Lipinski definition) is 6. The van der Waals surface area contributed by atoms with Crippen molar-refractivity contribution in [2.75, 3.05) is 20.4 Å². The maximum Gasteiger partial charge on any atom is 0.254 e. The molecule has 1 amide bonds. The highest BCUT2D eigenvalue weighted by atomic mass is 32.2. The lowest BCUT2D eigenvalue weighted by molar-refractivity contribution is 0.0673. The molecule has 1 saturated carbocycles. The van der Waals surface area contributed by atoms with Crippen LogP contribution in [0.5, 0.6) is 11.5 Å². The Morgan fingerprint density at radius 2 is 1.88 bits per heavy atom. The highest BCUT2D eigenvalue weighted by molar-refractivity contribution is 7.98. The van der Waals surface area contributed by atoms with Gasteiger partial charge in [-0.3, -0.25) is 9.59 Å². The minimum atomic E-state index is -0.375. The van der Waals surface area contributed by atoms with Crippen LogP contribution in [0.4, 0.5) is 0 Å². The molecule has 1 aliphatic heterocycles. The predicted molar refractivity (Wildman–Crippen MR) is 135 cm³/mol. The first kappa shape index (κ1) is 24.7. The third-order valence-corrected chi connectivity index (χ3v) is 7.86. The van der Waals surface area contributed by atoms with E-state index in [1.54, 1.807) is 0 Å². The smallest absolute Gasteiger partial charge is 0.254 e. The summed E-state index contributed by atoms with van der Waals surface area (Å²) < 4.78 is 11.8. The van der Waals surface area contributed by atoms with Gasteiger partial charge >= 0.3 is 0 Å². The Kier molecular flexibility index (Phi) is 7.28. The molecule has 1 fully saturated rings. The molecule has 1 aromatic heterocycles. The van der Waals surface area contributed by atoms with Gasteiger partial charge in [0, 0.05) is 46.8 Å². The number of aromatic nitrogens is 1. The monoisotopic (exact) mass is 485 g/mol. The van der Waals surface area contributed by atoms with Crippen molar-refractivity contribution in [1.82, 2.24) is 15.2 Å². The molecule has 1 atom stereocenters. The first-order valence-electron chi connectivity index (χ1n) is 11.9. The van der Waals surface area contributed by atoms with Gasteiger partial charge in [0.1, 0.15) is 0 Å². The molecule has 2 aliphatic rings. The molecule has 7 nitrogen and oxygen atoms in total. The summed E-state index contributed by atoms with van der Waals surface area (Å²) in [6, 6.07) is 4.52. The van der Waals surface area contributed by atoms with Crippen molar-refractivity contribution in [3.05, 3.63) is 50.4 Å². The number of nitrogens with zero attached hydrogens (tertiary/aromatic N) is 1. The summed E-state index contributed by atoms with van der Waals surface area (Å²) in [7, 11) is 4.26. The summed E-state index contributed by atoms with van der Waals surface area (Å²) >= 11 is 1.51. The molecule has 8 heteroatoms. The van der Waals surface area contributed by atoms with Crippen LogP contribution >= 0.6 is 11.8 Å². The summed E-state index contributed by atoms with van der Waals surface area (Å²) in [4.78, 5) is 32.2. The Hall–Kier alpha value is -2.45. The number of carbonyl (C=O) groups is 1. The zero-order valence-electron chi connectivity index (χ0n) is 20.9. The zero-order valence-corrected chi connectivity index (χ0v) is 21.7. The lowest BCUT2D eigenvalue weighted by Crippen LogP contribution is -2.33. The Bertz CT molecular complexity index is 1140. The number of amides is 1. The van der Waals surface area contributed by atoms with Crippen molar-refractivity contribution in [2.24, 2.45) is 0 Å². The zero-order chi connectivity index (χ0) is 24.6. The Labute approximate surface area is 205 Å². The van der Waals surface area contributed by atoms with E-state index in [2.05, 4.69) is 29.3 Å². The minimum absolute atomic E-state index is 0.164. The van der Waals surface area contributed by atoms with Crippen molar-refractivity contribution in [3.63, 3.8) is 0 Å². The van der Waals surface area contributed by atoms with E-state index in [0.29, 0.717) is 28.7 Å². The average molecular weight is 486 g/mol. The SMILES string of the molecule is CSc1cc(C)[nH]c(=O)c1CNC(=O)c1c(C)c2c(cc1[C@H]1CC[C@H](N(C)C)CC1)OC(C)O2. The molecular weight excluding hydrogens is 450 g/mol. The maximum atomic E-state index is 13.6. The van der Waals surface area contributed by atoms with Crippen LogP contribution in [0, 0.1) is 13.8 Å². The largest absolute Gasteiger partial charge is 0.451 e. The molecule has 1 aromatic carbocycles.